The predicted octanol–water partition coefficient (Wildman–Crippen LogP) is -0.354. The number of rotatable bonds is 2. The van der Waals surface area contributed by atoms with Gasteiger partial charge in [-0.25, -0.2) is 9.13 Å². The van der Waals surface area contributed by atoms with Crippen LogP contribution in [-0.2, 0) is 9.13 Å². The van der Waals surface area contributed by atoms with Crippen LogP contribution < -0.4 is 0 Å². The van der Waals surface area contributed by atoms with E-state index in [9.17, 15) is 9.13 Å². The van der Waals surface area contributed by atoms with Gasteiger partial charge in [0.15, 0.2) is 0 Å². The third kappa shape index (κ3) is 3.14. The summed E-state index contributed by atoms with van der Waals surface area (Å²) in [6, 6.07) is 0. The third-order valence-corrected chi connectivity index (χ3v) is 8.39. The zero-order valence-corrected chi connectivity index (χ0v) is 7.08. The second-order valence-electron chi connectivity index (χ2n) is 1.29. The van der Waals surface area contributed by atoms with Gasteiger partial charge in [-0.3, -0.25) is 0 Å². The van der Waals surface area contributed by atoms with Crippen molar-refractivity contribution in [3.05, 3.63) is 0 Å². The van der Waals surface area contributed by atoms with E-state index >= 15 is 0 Å². The van der Waals surface area contributed by atoms with Crippen molar-refractivity contribution in [1.82, 2.24) is 0 Å². The molecule has 0 heterocycles. The summed E-state index contributed by atoms with van der Waals surface area (Å²) in [5.41, 5.74) is 0. The second kappa shape index (κ2) is 2.92. The minimum absolute atomic E-state index is 3.53. The maximum absolute atomic E-state index is 9.96. The van der Waals surface area contributed by atoms with Crippen LogP contribution in [0.2, 0.25) is 0 Å². The topological polar surface area (TPSA) is 135 Å². The highest BCUT2D eigenvalue weighted by Gasteiger charge is 2.37. The molecule has 0 amide bonds. The zero-order valence-electron chi connectivity index (χ0n) is 4.39. The van der Waals surface area contributed by atoms with Gasteiger partial charge in [-0.2, -0.15) is 0 Å². The summed E-state index contributed by atoms with van der Waals surface area (Å²) in [5.74, 6) is 0. The molecule has 0 spiro atoms. The van der Waals surface area contributed by atoms with Crippen LogP contribution >= 0.6 is 24.0 Å². The molecule has 0 rings (SSSR count). The van der Waals surface area contributed by atoms with E-state index in [2.05, 4.69) is 0 Å². The molecule has 7 nitrogen and oxygen atoms in total. The van der Waals surface area contributed by atoms with Crippen molar-refractivity contribution >= 4 is 24.0 Å². The monoisotopic (exact) mass is 212 g/mol. The molecule has 5 N–H and O–H groups in total. The molecule has 0 aromatic carbocycles. The average molecular weight is 212 g/mol. The molecular formula is H6O7P2S. The molecule has 0 aliphatic rings. The molecule has 0 radical (unpaired) electrons. The van der Waals surface area contributed by atoms with Crippen LogP contribution in [0, 0.1) is 0 Å². The van der Waals surface area contributed by atoms with Gasteiger partial charge >= 0.3 is 13.6 Å². The van der Waals surface area contributed by atoms with Crippen molar-refractivity contribution in [2.24, 2.45) is 0 Å². The van der Waals surface area contributed by atoms with Crippen LogP contribution in [0.5, 0.6) is 0 Å². The Morgan fingerprint density at radius 3 is 1.10 bits per heavy atom. The Kier molecular flexibility index (Phi) is 3.10. The Morgan fingerprint density at radius 2 is 1.10 bits per heavy atom. The first-order chi connectivity index (χ1) is 4.15. The van der Waals surface area contributed by atoms with E-state index in [1.807, 2.05) is 0 Å². The molecule has 10 heteroatoms. The van der Waals surface area contributed by atoms with E-state index in [-0.39, 0.29) is 0 Å². The molecule has 0 aromatic rings. The van der Waals surface area contributed by atoms with E-state index in [4.69, 9.17) is 24.1 Å². The Bertz CT molecular complexity index is 174. The number of hydrogen-bond donors (Lipinski definition) is 6. The van der Waals surface area contributed by atoms with Crippen molar-refractivity contribution in [2.45, 2.75) is 0 Å². The smallest absolute Gasteiger partial charge is 0.334 e. The van der Waals surface area contributed by atoms with Crippen LogP contribution in [0.15, 0.2) is 0 Å². The summed E-state index contributed by atoms with van der Waals surface area (Å²) < 4.78 is 28.2. The maximum Gasteiger partial charge on any atom is 0.396 e. The fourth-order valence-corrected chi connectivity index (χ4v) is 4.10. The molecule has 0 bridgehead atoms. The molecular weight excluding hydrogens is 206 g/mol. The highest BCUT2D eigenvalue weighted by Crippen LogP contribution is 2.79. The van der Waals surface area contributed by atoms with Gasteiger partial charge in [-0.1, -0.05) is 0 Å². The van der Waals surface area contributed by atoms with Crippen LogP contribution in [0.1, 0.15) is 0 Å². The molecule has 0 aliphatic heterocycles. The Morgan fingerprint density at radius 1 is 0.900 bits per heavy atom. The molecule has 0 unspecified atom stereocenters. The van der Waals surface area contributed by atoms with Gasteiger partial charge in [-0.15, -0.1) is 0 Å². The summed E-state index contributed by atoms with van der Waals surface area (Å²) in [7, 11) is -3.53. The molecule has 0 atom stereocenters. The average Bonchev–Trinajstić information content (AvgIpc) is 1.59. The maximum atomic E-state index is 9.96. The van der Waals surface area contributed by atoms with E-state index in [0.717, 1.165) is 0 Å². The van der Waals surface area contributed by atoms with Gasteiger partial charge in [0.05, 0.1) is 10.4 Å². The highest BCUT2D eigenvalue weighted by atomic mass is 33.1. The van der Waals surface area contributed by atoms with Gasteiger partial charge < -0.3 is 24.1 Å². The Labute approximate surface area is 58.1 Å². The molecule has 0 saturated heterocycles. The van der Waals surface area contributed by atoms with E-state index in [1.165, 1.54) is 0 Å². The van der Waals surface area contributed by atoms with E-state index < -0.39 is 24.0 Å². The van der Waals surface area contributed by atoms with Gasteiger partial charge in [0.25, 0.3) is 0 Å². The first-order valence-electron chi connectivity index (χ1n) is 1.77. The van der Waals surface area contributed by atoms with Crippen molar-refractivity contribution in [3.63, 3.8) is 0 Å². The van der Waals surface area contributed by atoms with E-state index in [0.29, 0.717) is 0 Å². The largest absolute Gasteiger partial charge is 0.396 e. The standard InChI is InChI=1S/H6O7P2S/c1-8(2,3)10(7)9(4,5)6/h7,10H,(H2,1,2,3)(H2,4,5,6). The summed E-state index contributed by atoms with van der Waals surface area (Å²) in [6.45, 7) is -10.0. The fraction of sp³-hybridized carbons (Fsp3) is 0. The SMILES string of the molecule is O=P(O)(O)[SH](O)P(=O)(O)O. The first kappa shape index (κ1) is 10.6. The summed E-state index contributed by atoms with van der Waals surface area (Å²) in [4.78, 5) is 32.1. The minimum atomic E-state index is -5.02. The highest BCUT2D eigenvalue weighted by molar-refractivity contribution is 8.91. The van der Waals surface area contributed by atoms with Crippen LogP contribution in [-0.4, -0.2) is 24.1 Å². The lowest BCUT2D eigenvalue weighted by atomic mass is 15.8. The third-order valence-electron chi connectivity index (χ3n) is 0.466. The van der Waals surface area contributed by atoms with Gasteiger partial charge in [-0.05, 0) is 0 Å². The first-order valence-corrected chi connectivity index (χ1v) is 7.70. The van der Waals surface area contributed by atoms with Crippen LogP contribution in [0.3, 0.4) is 0 Å². The summed E-state index contributed by atoms with van der Waals surface area (Å²) >= 11 is 0. The molecule has 0 fully saturated rings. The van der Waals surface area contributed by atoms with Gasteiger partial charge in [0.1, 0.15) is 0 Å². The normalized spacial score (nSPS) is 15.1. The zero-order chi connectivity index (χ0) is 8.58. The minimum Gasteiger partial charge on any atom is -0.334 e. The summed E-state index contributed by atoms with van der Waals surface area (Å²) in [5, 5.41) is 0. The lowest BCUT2D eigenvalue weighted by Gasteiger charge is -2.16. The molecule has 0 aromatic heterocycles. The lowest BCUT2D eigenvalue weighted by Crippen LogP contribution is -1.83. The Hall–Kier alpha value is 0.610. The van der Waals surface area contributed by atoms with Crippen LogP contribution in [0.25, 0.3) is 0 Å². The number of hydrogen-bond acceptors (Lipinski definition) is 3. The number of thiol groups is 1. The van der Waals surface area contributed by atoms with Crippen LogP contribution in [0.4, 0.5) is 0 Å². The van der Waals surface area contributed by atoms with E-state index in [1.54, 1.807) is 0 Å². The second-order valence-corrected chi connectivity index (χ2v) is 10.2. The molecule has 0 saturated carbocycles. The molecule has 10 heavy (non-hydrogen) atoms. The van der Waals surface area contributed by atoms with Gasteiger partial charge in [0, 0.05) is 0 Å². The lowest BCUT2D eigenvalue weighted by molar-refractivity contribution is 0.383. The van der Waals surface area contributed by atoms with Crippen molar-refractivity contribution in [3.8, 4) is 0 Å². The Balaban J connectivity index is 4.56. The molecule has 0 aliphatic carbocycles. The van der Waals surface area contributed by atoms with Gasteiger partial charge in [0.2, 0.25) is 0 Å². The predicted molar refractivity (Wildman–Crippen MR) is 35.7 cm³/mol. The quantitative estimate of drug-likeness (QED) is 0.272. The van der Waals surface area contributed by atoms with Crippen molar-refractivity contribution in [2.75, 3.05) is 0 Å². The fourth-order valence-electron chi connectivity index (χ4n) is 0.152. The molecule has 64 valence electrons. The van der Waals surface area contributed by atoms with Crippen molar-refractivity contribution in [1.29, 1.82) is 0 Å². The van der Waals surface area contributed by atoms with Crippen molar-refractivity contribution < 1.29 is 33.3 Å². The summed E-state index contributed by atoms with van der Waals surface area (Å²) in [6.07, 6.45) is 0.